The molecule has 0 spiro atoms. The molecule has 0 aliphatic heterocycles. The van der Waals surface area contributed by atoms with E-state index in [9.17, 15) is 0 Å². The van der Waals surface area contributed by atoms with E-state index in [4.69, 9.17) is 0 Å². The van der Waals surface area contributed by atoms with Gasteiger partial charge < -0.3 is 0 Å². The molecular weight excluding hydrogens is 128 g/mol. The molecule has 0 aromatic carbocycles. The third-order valence-corrected chi connectivity index (χ3v) is 0. The first kappa shape index (κ1) is 73.8. The molecule has 1 radical (unpaired) electrons. The summed E-state index contributed by atoms with van der Waals surface area (Å²) in [7, 11) is 0. The third-order valence-electron chi connectivity index (χ3n) is 0. The van der Waals surface area contributed by atoms with Crippen LogP contribution in [0.2, 0.25) is 0 Å². The van der Waals surface area contributed by atoms with Gasteiger partial charge in [-0.1, -0.05) is 14.9 Å². The molecule has 0 aliphatic rings. The molecule has 0 nitrogen and oxygen atoms in total. The van der Waals surface area contributed by atoms with Crippen molar-refractivity contribution in [3.63, 3.8) is 0 Å². The first-order valence-corrected chi connectivity index (χ1v) is 0. The molecule has 0 atom stereocenters. The van der Waals surface area contributed by atoms with Crippen molar-refractivity contribution in [3.8, 4) is 0 Å². The van der Waals surface area contributed by atoms with E-state index in [2.05, 4.69) is 0 Å². The van der Waals surface area contributed by atoms with Crippen LogP contribution < -0.4 is 0 Å². The minimum absolute atomic E-state index is 0. The van der Waals surface area contributed by atoms with Crippen molar-refractivity contribution in [2.45, 2.75) is 14.9 Å². The average molecular weight is 136 g/mol. The smallest absolute Gasteiger partial charge is 0.0776 e. The molecule has 0 bridgehead atoms. The maximum Gasteiger partial charge on any atom is 3.00 e. The number of hydrogen-bond donors (Lipinski definition) is 0. The molecule has 0 unspecified atom stereocenters. The fourth-order valence-corrected chi connectivity index (χ4v) is 0. The van der Waals surface area contributed by atoms with Gasteiger partial charge in [-0.3, -0.25) is 0 Å². The Morgan fingerprint density at radius 3 is 0.750 bits per heavy atom. The molecule has 0 N–H and O–H groups in total. The molecule has 0 saturated heterocycles. The van der Waals surface area contributed by atoms with Gasteiger partial charge in [0.1, 0.15) is 0 Å². The molecule has 0 heterocycles. The van der Waals surface area contributed by atoms with Crippen LogP contribution in [0.25, 0.3) is 0 Å². The summed E-state index contributed by atoms with van der Waals surface area (Å²) in [6.07, 6.45) is 0. The average Bonchev–Trinajstić information content (AvgIpc) is 0. The van der Waals surface area contributed by atoms with Gasteiger partial charge in [0.25, 0.3) is 0 Å². The molecule has 0 amide bonds. The van der Waals surface area contributed by atoms with Crippen molar-refractivity contribution in [2.24, 2.45) is 0 Å². The number of hydrogen-bond acceptors (Lipinski definition) is 0. The van der Waals surface area contributed by atoms with Crippen LogP contribution in [0, 0.1) is 0 Å². The molecule has 0 fully saturated rings. The van der Waals surface area contributed by atoms with E-state index in [1.165, 1.54) is 0 Å². The fourth-order valence-electron chi connectivity index (χ4n) is 0. The topological polar surface area (TPSA) is 0 Å². The van der Waals surface area contributed by atoms with Crippen molar-refractivity contribution in [3.05, 3.63) is 0 Å². The van der Waals surface area contributed by atoms with Crippen LogP contribution >= 0.6 is 0 Å². The van der Waals surface area contributed by atoms with Gasteiger partial charge >= 0.3 is 34.7 Å². The molecule has 0 saturated carbocycles. The summed E-state index contributed by atoms with van der Waals surface area (Å²) in [6.45, 7) is 0. The summed E-state index contributed by atoms with van der Waals surface area (Å²) >= 11 is 0. The van der Waals surface area contributed by atoms with E-state index in [1.54, 1.807) is 0 Å². The molecule has 2 heteroatoms. The van der Waals surface area contributed by atoms with Crippen LogP contribution in [0.4, 0.5) is 0 Å². The van der Waals surface area contributed by atoms with E-state index in [1.807, 2.05) is 0 Å². The zero-order chi connectivity index (χ0) is 0. The second-order valence-electron chi connectivity index (χ2n) is 0. The second-order valence-corrected chi connectivity index (χ2v) is 0. The molecule has 0 aromatic rings. The van der Waals surface area contributed by atoms with Gasteiger partial charge in [-0.05, 0) is 0 Å². The zero-order valence-corrected chi connectivity index (χ0v) is 3.37. The normalized spacial score (nSPS) is 0. The quantitative estimate of drug-likeness (QED) is 0.470. The first-order valence-electron chi connectivity index (χ1n) is 0. The van der Waals surface area contributed by atoms with E-state index >= 15 is 0 Å². The van der Waals surface area contributed by atoms with Crippen molar-refractivity contribution >= 4 is 0 Å². The fraction of sp³-hybridized carbons (Fsp3) is 1.00. The van der Waals surface area contributed by atoms with Crippen LogP contribution in [0.15, 0.2) is 0 Å². The van der Waals surface area contributed by atoms with Gasteiger partial charge in [-0.15, -0.1) is 0 Å². The largest absolute Gasteiger partial charge is 3.00 e. The van der Waals surface area contributed by atoms with Crippen molar-refractivity contribution in [2.75, 3.05) is 0 Å². The molecule has 0 aliphatic carbocycles. The second kappa shape index (κ2) is 33.7. The Kier molecular flexibility index (Phi) is 621. The Morgan fingerprint density at radius 2 is 0.750 bits per heavy atom. The summed E-state index contributed by atoms with van der Waals surface area (Å²) in [5.74, 6) is 0. The summed E-state index contributed by atoms with van der Waals surface area (Å²) in [5, 5.41) is 0. The summed E-state index contributed by atoms with van der Waals surface area (Å²) in [6, 6.07) is 0. The van der Waals surface area contributed by atoms with E-state index in [0.29, 0.717) is 0 Å². The molecule has 0 rings (SSSR count). The van der Waals surface area contributed by atoms with Gasteiger partial charge in [-0.25, -0.2) is 0 Å². The van der Waals surface area contributed by atoms with Gasteiger partial charge in [0.2, 0.25) is 0 Å². The molecule has 4 heavy (non-hydrogen) atoms. The van der Waals surface area contributed by atoms with Gasteiger partial charge in [0.15, 0.2) is 0 Å². The van der Waals surface area contributed by atoms with E-state index in [0.717, 1.165) is 0 Å². The minimum Gasteiger partial charge on any atom is -0.0776 e. The van der Waals surface area contributed by atoms with Crippen molar-refractivity contribution < 1.29 is 34.7 Å². The van der Waals surface area contributed by atoms with Crippen LogP contribution in [0.5, 0.6) is 0 Å². The Labute approximate surface area is 49.9 Å². The maximum atomic E-state index is 0. The van der Waals surface area contributed by atoms with Crippen LogP contribution in [0.1, 0.15) is 14.9 Å². The van der Waals surface area contributed by atoms with Gasteiger partial charge in [-0.2, -0.15) is 0 Å². The SMILES string of the molecule is C.C.[Cr+2].[Cr+3]. The first-order chi connectivity index (χ1) is 0. The summed E-state index contributed by atoms with van der Waals surface area (Å²) < 4.78 is 0. The summed E-state index contributed by atoms with van der Waals surface area (Å²) in [4.78, 5) is 0. The predicted octanol–water partition coefficient (Wildman–Crippen LogP) is 1.27. The zero-order valence-electron chi connectivity index (χ0n) is 0.816. The predicted molar refractivity (Wildman–Crippen MR) is 13.5 cm³/mol. The van der Waals surface area contributed by atoms with Crippen LogP contribution in [-0.4, -0.2) is 0 Å². The summed E-state index contributed by atoms with van der Waals surface area (Å²) in [5.41, 5.74) is 0. The molecular formula is C2H8Cr2+5. The minimum atomic E-state index is 0. The maximum absolute atomic E-state index is 0. The standard InChI is InChI=1S/2CH4.2Cr/h2*1H4;;/q;;+2;+3. The van der Waals surface area contributed by atoms with E-state index in [-0.39, 0.29) is 49.6 Å². The van der Waals surface area contributed by atoms with Crippen LogP contribution in [0.3, 0.4) is 0 Å². The van der Waals surface area contributed by atoms with Crippen molar-refractivity contribution in [1.29, 1.82) is 0 Å². The Hall–Kier alpha value is 1.06. The van der Waals surface area contributed by atoms with Gasteiger partial charge in [0, 0.05) is 0 Å². The van der Waals surface area contributed by atoms with Crippen LogP contribution in [-0.2, 0) is 34.7 Å². The Balaban J connectivity index is 0. The van der Waals surface area contributed by atoms with Crippen molar-refractivity contribution in [1.82, 2.24) is 0 Å². The Bertz CT molecular complexity index is 4.00. The monoisotopic (exact) mass is 136 g/mol. The van der Waals surface area contributed by atoms with Gasteiger partial charge in [0.05, 0.1) is 0 Å². The Morgan fingerprint density at radius 1 is 0.750 bits per heavy atom. The molecule has 23 valence electrons. The van der Waals surface area contributed by atoms with E-state index < -0.39 is 0 Å². The number of rotatable bonds is 0. The third kappa shape index (κ3) is 11.5. The molecule has 0 aromatic heterocycles.